The topological polar surface area (TPSA) is 92.3 Å². The van der Waals surface area contributed by atoms with E-state index >= 15 is 0 Å². The van der Waals surface area contributed by atoms with Gasteiger partial charge in [0.05, 0.1) is 4.90 Å². The first-order chi connectivity index (χ1) is 9.36. The van der Waals surface area contributed by atoms with E-state index in [1.165, 1.54) is 31.2 Å². The summed E-state index contributed by atoms with van der Waals surface area (Å²) in [5, 5.41) is 2.49. The monoisotopic (exact) mass is 298 g/mol. The summed E-state index contributed by atoms with van der Waals surface area (Å²) in [6.07, 6.45) is 0.376. The molecule has 0 aliphatic carbocycles. The molecule has 1 amide bonds. The Kier molecular flexibility index (Phi) is 5.84. The van der Waals surface area contributed by atoms with Gasteiger partial charge < -0.3 is 5.32 Å². The molecule has 0 unspecified atom stereocenters. The lowest BCUT2D eigenvalue weighted by Crippen LogP contribution is -2.33. The van der Waals surface area contributed by atoms with Gasteiger partial charge in [-0.05, 0) is 12.1 Å². The summed E-state index contributed by atoms with van der Waals surface area (Å²) >= 11 is 0. The van der Waals surface area contributed by atoms with Gasteiger partial charge in [-0.1, -0.05) is 19.1 Å². The molecule has 1 aromatic carbocycles. The standard InChI is InChI=1S/C13H18N2O4S/c1-3-13(17)11-4-6-12(7-5-11)20(18,19)15-9-8-14-10(2)16/h4-7,15H,3,8-9H2,1-2H3,(H,14,16). The molecule has 6 nitrogen and oxygen atoms in total. The molecule has 0 bridgehead atoms. The van der Waals surface area contributed by atoms with E-state index in [4.69, 9.17) is 0 Å². The van der Waals surface area contributed by atoms with Crippen molar-refractivity contribution in [3.05, 3.63) is 29.8 Å². The van der Waals surface area contributed by atoms with Gasteiger partial charge >= 0.3 is 0 Å². The molecule has 20 heavy (non-hydrogen) atoms. The number of ketones is 1. The second-order valence-corrected chi connectivity index (χ2v) is 5.95. The van der Waals surface area contributed by atoms with Gasteiger partial charge in [-0.25, -0.2) is 13.1 Å². The first kappa shape index (κ1) is 16.3. The van der Waals surface area contributed by atoms with Crippen molar-refractivity contribution in [2.45, 2.75) is 25.2 Å². The molecule has 0 fully saturated rings. The summed E-state index contributed by atoms with van der Waals surface area (Å²) in [5.41, 5.74) is 0.490. The van der Waals surface area contributed by atoms with Crippen molar-refractivity contribution >= 4 is 21.7 Å². The van der Waals surface area contributed by atoms with Crippen LogP contribution in [0.1, 0.15) is 30.6 Å². The van der Waals surface area contributed by atoms with Crippen molar-refractivity contribution in [2.75, 3.05) is 13.1 Å². The van der Waals surface area contributed by atoms with E-state index in [-0.39, 0.29) is 29.7 Å². The lowest BCUT2D eigenvalue weighted by Gasteiger charge is -2.07. The van der Waals surface area contributed by atoms with Crippen molar-refractivity contribution in [1.82, 2.24) is 10.0 Å². The van der Waals surface area contributed by atoms with E-state index in [0.29, 0.717) is 12.0 Å². The number of rotatable bonds is 7. The number of hydrogen-bond donors (Lipinski definition) is 2. The average molecular weight is 298 g/mol. The van der Waals surface area contributed by atoms with Gasteiger partial charge in [0.25, 0.3) is 0 Å². The molecule has 1 aromatic rings. The third-order valence-electron chi connectivity index (χ3n) is 2.60. The highest BCUT2D eigenvalue weighted by Gasteiger charge is 2.13. The van der Waals surface area contributed by atoms with Gasteiger partial charge in [0.2, 0.25) is 15.9 Å². The highest BCUT2D eigenvalue weighted by Crippen LogP contribution is 2.11. The lowest BCUT2D eigenvalue weighted by molar-refractivity contribution is -0.118. The molecule has 0 saturated carbocycles. The molecular weight excluding hydrogens is 280 g/mol. The van der Waals surface area contributed by atoms with Gasteiger partial charge in [0, 0.05) is 32.0 Å². The molecule has 0 heterocycles. The summed E-state index contributed by atoms with van der Waals surface area (Å²) in [5.74, 6) is -0.251. The van der Waals surface area contributed by atoms with Crippen molar-refractivity contribution in [3.63, 3.8) is 0 Å². The van der Waals surface area contributed by atoms with Gasteiger partial charge in [-0.2, -0.15) is 0 Å². The van der Waals surface area contributed by atoms with E-state index < -0.39 is 10.0 Å². The van der Waals surface area contributed by atoms with Crippen molar-refractivity contribution in [2.24, 2.45) is 0 Å². The largest absolute Gasteiger partial charge is 0.355 e. The minimum Gasteiger partial charge on any atom is -0.355 e. The third kappa shape index (κ3) is 4.75. The van der Waals surface area contributed by atoms with Gasteiger partial charge in [-0.15, -0.1) is 0 Å². The molecule has 0 aromatic heterocycles. The van der Waals surface area contributed by atoms with E-state index in [1.807, 2.05) is 0 Å². The zero-order chi connectivity index (χ0) is 15.2. The SMILES string of the molecule is CCC(=O)c1ccc(S(=O)(=O)NCCNC(C)=O)cc1. The van der Waals surface area contributed by atoms with Crippen LogP contribution < -0.4 is 10.0 Å². The number of hydrogen-bond acceptors (Lipinski definition) is 4. The Morgan fingerprint density at radius 1 is 1.10 bits per heavy atom. The zero-order valence-corrected chi connectivity index (χ0v) is 12.3. The molecular formula is C13H18N2O4S. The molecule has 110 valence electrons. The average Bonchev–Trinajstić information content (AvgIpc) is 2.43. The highest BCUT2D eigenvalue weighted by molar-refractivity contribution is 7.89. The summed E-state index contributed by atoms with van der Waals surface area (Å²) in [6.45, 7) is 3.44. The molecule has 0 saturated heterocycles. The molecule has 0 radical (unpaired) electrons. The Balaban J connectivity index is 2.68. The minimum absolute atomic E-state index is 0.0347. The second-order valence-electron chi connectivity index (χ2n) is 4.18. The zero-order valence-electron chi connectivity index (χ0n) is 11.5. The Morgan fingerprint density at radius 2 is 1.70 bits per heavy atom. The van der Waals surface area contributed by atoms with Crippen molar-refractivity contribution < 1.29 is 18.0 Å². The number of nitrogens with one attached hydrogen (secondary N) is 2. The van der Waals surface area contributed by atoms with Crippen LogP contribution in [0.25, 0.3) is 0 Å². The summed E-state index contributed by atoms with van der Waals surface area (Å²) in [7, 11) is -3.62. The Hall–Kier alpha value is -1.73. The first-order valence-corrected chi connectivity index (χ1v) is 7.72. The molecule has 0 aliphatic heterocycles. The summed E-state index contributed by atoms with van der Waals surface area (Å²) in [4.78, 5) is 22.2. The van der Waals surface area contributed by atoms with Gasteiger partial charge in [0.1, 0.15) is 0 Å². The molecule has 0 spiro atoms. The predicted octanol–water partition coefficient (Wildman–Crippen LogP) is 0.694. The second kappa shape index (κ2) is 7.16. The number of carbonyl (C=O) groups is 2. The van der Waals surface area contributed by atoms with Crippen LogP contribution in [0.15, 0.2) is 29.2 Å². The number of amides is 1. The Morgan fingerprint density at radius 3 is 2.20 bits per heavy atom. The van der Waals surface area contributed by atoms with Crippen LogP contribution >= 0.6 is 0 Å². The fourth-order valence-corrected chi connectivity index (χ4v) is 2.56. The van der Waals surface area contributed by atoms with Gasteiger partial charge in [0.15, 0.2) is 5.78 Å². The fraction of sp³-hybridized carbons (Fsp3) is 0.385. The number of sulfonamides is 1. The lowest BCUT2D eigenvalue weighted by atomic mass is 10.1. The number of carbonyl (C=O) groups excluding carboxylic acids is 2. The maximum Gasteiger partial charge on any atom is 0.240 e. The molecule has 0 aliphatic rings. The van der Waals surface area contributed by atoms with Crippen LogP contribution in [-0.2, 0) is 14.8 Å². The normalized spacial score (nSPS) is 11.1. The Bertz CT molecular complexity index is 579. The minimum atomic E-state index is -3.62. The first-order valence-electron chi connectivity index (χ1n) is 6.24. The van der Waals surface area contributed by atoms with Crippen LogP contribution in [0.2, 0.25) is 0 Å². The highest BCUT2D eigenvalue weighted by atomic mass is 32.2. The van der Waals surface area contributed by atoms with E-state index in [2.05, 4.69) is 10.0 Å². The fourth-order valence-electron chi connectivity index (χ4n) is 1.53. The van der Waals surface area contributed by atoms with Crippen molar-refractivity contribution in [3.8, 4) is 0 Å². The van der Waals surface area contributed by atoms with Crippen LogP contribution in [0.3, 0.4) is 0 Å². The quantitative estimate of drug-likeness (QED) is 0.572. The third-order valence-corrected chi connectivity index (χ3v) is 4.08. The summed E-state index contributed by atoms with van der Waals surface area (Å²) in [6, 6.07) is 5.77. The van der Waals surface area contributed by atoms with Crippen LogP contribution in [0, 0.1) is 0 Å². The number of benzene rings is 1. The summed E-state index contributed by atoms with van der Waals surface area (Å²) < 4.78 is 26.2. The smallest absolute Gasteiger partial charge is 0.240 e. The molecule has 2 N–H and O–H groups in total. The molecule has 1 rings (SSSR count). The maximum atomic E-state index is 11.9. The maximum absolute atomic E-state index is 11.9. The van der Waals surface area contributed by atoms with Gasteiger partial charge in [-0.3, -0.25) is 9.59 Å². The van der Waals surface area contributed by atoms with E-state index in [1.54, 1.807) is 6.92 Å². The van der Waals surface area contributed by atoms with Crippen LogP contribution in [0.5, 0.6) is 0 Å². The van der Waals surface area contributed by atoms with Crippen molar-refractivity contribution in [1.29, 1.82) is 0 Å². The molecule has 0 atom stereocenters. The van der Waals surface area contributed by atoms with E-state index in [9.17, 15) is 18.0 Å². The predicted molar refractivity (Wildman–Crippen MR) is 74.9 cm³/mol. The number of Topliss-reactive ketones (excluding diaryl/α,β-unsaturated/α-hetero) is 1. The van der Waals surface area contributed by atoms with Crippen LogP contribution in [0.4, 0.5) is 0 Å². The Labute approximate surface area is 118 Å². The van der Waals surface area contributed by atoms with Crippen LogP contribution in [-0.4, -0.2) is 33.2 Å². The molecule has 7 heteroatoms. The van der Waals surface area contributed by atoms with E-state index in [0.717, 1.165) is 0 Å².